The first-order chi connectivity index (χ1) is 8.06. The number of benzene rings is 1. The molecule has 0 fully saturated rings. The van der Waals surface area contributed by atoms with Gasteiger partial charge in [0.15, 0.2) is 0 Å². The molecule has 0 spiro atoms. The Morgan fingerprint density at radius 3 is 2.59 bits per heavy atom. The van der Waals surface area contributed by atoms with Gasteiger partial charge < -0.3 is 16.8 Å². The second kappa shape index (κ2) is 6.00. The number of carbonyl (C=O) groups is 2. The molecule has 0 aliphatic rings. The lowest BCUT2D eigenvalue weighted by atomic mass is 10.0. The number of hydrogen-bond donors (Lipinski definition) is 3. The third-order valence-electron chi connectivity index (χ3n) is 2.45. The third kappa shape index (κ3) is 3.57. The van der Waals surface area contributed by atoms with Crippen LogP contribution in [0.15, 0.2) is 24.3 Å². The molecule has 0 radical (unpaired) electrons. The highest BCUT2D eigenvalue weighted by Crippen LogP contribution is 2.09. The smallest absolute Gasteiger partial charge is 0.252 e. The molecule has 2 amide bonds. The topological polar surface area (TPSA) is 98.2 Å². The monoisotopic (exact) mass is 235 g/mol. The van der Waals surface area contributed by atoms with Crippen LogP contribution in [-0.2, 0) is 11.2 Å². The molecule has 5 nitrogen and oxygen atoms in total. The van der Waals surface area contributed by atoms with E-state index in [0.29, 0.717) is 18.5 Å². The fourth-order valence-corrected chi connectivity index (χ4v) is 1.46. The molecule has 0 aromatic heterocycles. The summed E-state index contributed by atoms with van der Waals surface area (Å²) in [6, 6.07) is 6.47. The van der Waals surface area contributed by atoms with E-state index in [9.17, 15) is 9.59 Å². The molecule has 0 saturated heterocycles. The van der Waals surface area contributed by atoms with Gasteiger partial charge in [0.1, 0.15) is 6.04 Å². The van der Waals surface area contributed by atoms with E-state index in [1.165, 1.54) is 0 Å². The lowest BCUT2D eigenvalue weighted by Gasteiger charge is -2.12. The Hall–Kier alpha value is -1.88. The van der Waals surface area contributed by atoms with Gasteiger partial charge in [-0.2, -0.15) is 0 Å². The molecule has 1 rings (SSSR count). The highest BCUT2D eigenvalue weighted by molar-refractivity contribution is 5.98. The normalized spacial score (nSPS) is 11.9. The fourth-order valence-electron chi connectivity index (χ4n) is 1.46. The van der Waals surface area contributed by atoms with E-state index in [2.05, 4.69) is 5.32 Å². The van der Waals surface area contributed by atoms with Gasteiger partial charge in [0.25, 0.3) is 5.91 Å². The van der Waals surface area contributed by atoms with Crippen LogP contribution in [-0.4, -0.2) is 24.4 Å². The summed E-state index contributed by atoms with van der Waals surface area (Å²) >= 11 is 0. The molecule has 0 bridgehead atoms. The third-order valence-corrected chi connectivity index (χ3v) is 2.45. The summed E-state index contributed by atoms with van der Waals surface area (Å²) in [6.07, 6.45) is 0.620. The van der Waals surface area contributed by atoms with E-state index >= 15 is 0 Å². The first-order valence-corrected chi connectivity index (χ1v) is 5.44. The Labute approximate surface area is 100 Å². The average molecular weight is 235 g/mol. The van der Waals surface area contributed by atoms with Crippen LogP contribution in [0.5, 0.6) is 0 Å². The standard InChI is InChI=1S/C12H17N3O2/c1-8(11(14)16)15-12(17)10-5-3-2-4-9(10)6-7-13/h2-5,8H,6-7,13H2,1H3,(H2,14,16)(H,15,17). The molecule has 1 unspecified atom stereocenters. The number of carbonyl (C=O) groups excluding carboxylic acids is 2. The van der Waals surface area contributed by atoms with Gasteiger partial charge in [0.2, 0.25) is 5.91 Å². The van der Waals surface area contributed by atoms with E-state index in [0.717, 1.165) is 5.56 Å². The molecule has 1 atom stereocenters. The van der Waals surface area contributed by atoms with Crippen molar-refractivity contribution in [2.45, 2.75) is 19.4 Å². The van der Waals surface area contributed by atoms with Crippen molar-refractivity contribution in [1.29, 1.82) is 0 Å². The van der Waals surface area contributed by atoms with Gasteiger partial charge in [-0.3, -0.25) is 9.59 Å². The van der Waals surface area contributed by atoms with Crippen molar-refractivity contribution in [3.8, 4) is 0 Å². The minimum atomic E-state index is -0.687. The van der Waals surface area contributed by atoms with Crippen LogP contribution in [0.2, 0.25) is 0 Å². The Kier molecular flexibility index (Phi) is 4.66. The average Bonchev–Trinajstić information content (AvgIpc) is 2.29. The maximum Gasteiger partial charge on any atom is 0.252 e. The van der Waals surface area contributed by atoms with Crippen molar-refractivity contribution in [2.75, 3.05) is 6.54 Å². The second-order valence-corrected chi connectivity index (χ2v) is 3.79. The SMILES string of the molecule is CC(NC(=O)c1ccccc1CCN)C(N)=O. The summed E-state index contributed by atoms with van der Waals surface area (Å²) in [5.74, 6) is -0.866. The Bertz CT molecular complexity index is 418. The van der Waals surface area contributed by atoms with E-state index in [1.54, 1.807) is 19.1 Å². The minimum Gasteiger partial charge on any atom is -0.368 e. The number of hydrogen-bond acceptors (Lipinski definition) is 3. The molecule has 0 aliphatic carbocycles. The highest BCUT2D eigenvalue weighted by Gasteiger charge is 2.15. The zero-order chi connectivity index (χ0) is 12.8. The van der Waals surface area contributed by atoms with Gasteiger partial charge in [-0.05, 0) is 31.5 Å². The summed E-state index contributed by atoms with van der Waals surface area (Å²) in [7, 11) is 0. The van der Waals surface area contributed by atoms with Gasteiger partial charge in [-0.25, -0.2) is 0 Å². The first kappa shape index (κ1) is 13.2. The molecule has 5 heteroatoms. The van der Waals surface area contributed by atoms with Crippen molar-refractivity contribution in [3.63, 3.8) is 0 Å². The lowest BCUT2D eigenvalue weighted by Crippen LogP contribution is -2.42. The Balaban J connectivity index is 2.84. The van der Waals surface area contributed by atoms with Crippen LogP contribution in [0.3, 0.4) is 0 Å². The molecule has 5 N–H and O–H groups in total. The minimum absolute atomic E-state index is 0.305. The second-order valence-electron chi connectivity index (χ2n) is 3.79. The summed E-state index contributed by atoms with van der Waals surface area (Å²) < 4.78 is 0. The number of amides is 2. The van der Waals surface area contributed by atoms with Crippen LogP contribution in [0.4, 0.5) is 0 Å². The van der Waals surface area contributed by atoms with Crippen LogP contribution in [0.1, 0.15) is 22.8 Å². The van der Waals surface area contributed by atoms with Crippen LogP contribution < -0.4 is 16.8 Å². The molecule has 1 aromatic carbocycles. The van der Waals surface area contributed by atoms with Crippen molar-refractivity contribution in [2.24, 2.45) is 11.5 Å². The molecule has 0 heterocycles. The Morgan fingerprint density at radius 1 is 1.35 bits per heavy atom. The predicted molar refractivity (Wildman–Crippen MR) is 65.3 cm³/mol. The zero-order valence-electron chi connectivity index (χ0n) is 9.77. The fraction of sp³-hybridized carbons (Fsp3) is 0.333. The Morgan fingerprint density at radius 2 is 2.00 bits per heavy atom. The molecular weight excluding hydrogens is 218 g/mol. The maximum absolute atomic E-state index is 11.9. The summed E-state index contributed by atoms with van der Waals surface area (Å²) in [5.41, 5.74) is 12.0. The predicted octanol–water partition coefficient (Wildman–Crippen LogP) is -0.209. The van der Waals surface area contributed by atoms with Crippen LogP contribution in [0, 0.1) is 0 Å². The summed E-state index contributed by atoms with van der Waals surface area (Å²) in [4.78, 5) is 22.8. The van der Waals surface area contributed by atoms with Crippen molar-refractivity contribution >= 4 is 11.8 Å². The van der Waals surface area contributed by atoms with Gasteiger partial charge >= 0.3 is 0 Å². The highest BCUT2D eigenvalue weighted by atomic mass is 16.2. The van der Waals surface area contributed by atoms with E-state index in [1.807, 2.05) is 12.1 Å². The van der Waals surface area contributed by atoms with Crippen molar-refractivity contribution < 1.29 is 9.59 Å². The van der Waals surface area contributed by atoms with E-state index < -0.39 is 11.9 Å². The van der Waals surface area contributed by atoms with Crippen molar-refractivity contribution in [3.05, 3.63) is 35.4 Å². The number of nitrogens with two attached hydrogens (primary N) is 2. The van der Waals surface area contributed by atoms with E-state index in [4.69, 9.17) is 11.5 Å². The van der Waals surface area contributed by atoms with E-state index in [-0.39, 0.29) is 5.91 Å². The van der Waals surface area contributed by atoms with Gasteiger partial charge in [-0.15, -0.1) is 0 Å². The molecule has 0 saturated carbocycles. The summed E-state index contributed by atoms with van der Waals surface area (Å²) in [5, 5.41) is 2.54. The molecular formula is C12H17N3O2. The largest absolute Gasteiger partial charge is 0.368 e. The lowest BCUT2D eigenvalue weighted by molar-refractivity contribution is -0.119. The number of primary amides is 1. The molecule has 1 aromatic rings. The maximum atomic E-state index is 11.9. The van der Waals surface area contributed by atoms with Crippen LogP contribution >= 0.6 is 0 Å². The quantitative estimate of drug-likeness (QED) is 0.658. The van der Waals surface area contributed by atoms with Crippen LogP contribution in [0.25, 0.3) is 0 Å². The van der Waals surface area contributed by atoms with Gasteiger partial charge in [-0.1, -0.05) is 18.2 Å². The molecule has 92 valence electrons. The molecule has 17 heavy (non-hydrogen) atoms. The number of nitrogens with one attached hydrogen (secondary N) is 1. The van der Waals surface area contributed by atoms with Gasteiger partial charge in [0.05, 0.1) is 0 Å². The van der Waals surface area contributed by atoms with Gasteiger partial charge in [0, 0.05) is 5.56 Å². The van der Waals surface area contributed by atoms with Crippen molar-refractivity contribution in [1.82, 2.24) is 5.32 Å². The summed E-state index contributed by atoms with van der Waals surface area (Å²) in [6.45, 7) is 2.02. The first-order valence-electron chi connectivity index (χ1n) is 5.44. The number of rotatable bonds is 5. The zero-order valence-corrected chi connectivity index (χ0v) is 9.77. The molecule has 0 aliphatic heterocycles.